The second-order valence-corrected chi connectivity index (χ2v) is 8.51. The molecule has 2 heterocycles. The Morgan fingerprint density at radius 3 is 2.48 bits per heavy atom. The molecule has 1 fully saturated rings. The number of carbonyl (C=O) groups excluding carboxylic acids is 1. The smallest absolute Gasteiger partial charge is 0.266 e. The van der Waals surface area contributed by atoms with Crippen molar-refractivity contribution in [2.75, 3.05) is 36.4 Å². The summed E-state index contributed by atoms with van der Waals surface area (Å²) in [6, 6.07) is 18.2. The predicted molar refractivity (Wildman–Crippen MR) is 131 cm³/mol. The van der Waals surface area contributed by atoms with Crippen LogP contribution in [-0.2, 0) is 11.3 Å². The molecule has 1 aliphatic heterocycles. The maximum Gasteiger partial charge on any atom is 0.266 e. The van der Waals surface area contributed by atoms with E-state index in [4.69, 9.17) is 4.74 Å². The highest BCUT2D eigenvalue weighted by Crippen LogP contribution is 2.20. The molecule has 7 heteroatoms. The van der Waals surface area contributed by atoms with Crippen LogP contribution in [0.3, 0.4) is 0 Å². The van der Waals surface area contributed by atoms with Gasteiger partial charge in [-0.15, -0.1) is 0 Å². The summed E-state index contributed by atoms with van der Waals surface area (Å²) < 4.78 is 5.82. The van der Waals surface area contributed by atoms with E-state index in [1.54, 1.807) is 6.92 Å². The molecule has 2 aromatic carbocycles. The van der Waals surface area contributed by atoms with Crippen molar-refractivity contribution in [2.24, 2.45) is 0 Å². The first-order chi connectivity index (χ1) is 16.0. The minimum Gasteiger partial charge on any atom is -0.481 e. The first-order valence-corrected chi connectivity index (χ1v) is 11.4. The number of aryl methyl sites for hydroxylation is 2. The fourth-order valence-corrected chi connectivity index (χ4v) is 3.84. The molecule has 1 unspecified atom stereocenters. The SMILES string of the molecule is Cc1ccc(OC(C)C(=O)Nc2cc(N3CCN(Cc4ccccc4)CC3)ncn2)cc1C. The number of benzene rings is 2. The third-order valence-electron chi connectivity index (χ3n) is 6.01. The maximum atomic E-state index is 12.7. The van der Waals surface area contributed by atoms with Crippen LogP contribution in [0.1, 0.15) is 23.6 Å². The topological polar surface area (TPSA) is 70.6 Å². The van der Waals surface area contributed by atoms with Gasteiger partial charge in [-0.25, -0.2) is 9.97 Å². The van der Waals surface area contributed by atoms with E-state index >= 15 is 0 Å². The minimum atomic E-state index is -0.646. The number of amides is 1. The van der Waals surface area contributed by atoms with Gasteiger partial charge in [-0.1, -0.05) is 36.4 Å². The van der Waals surface area contributed by atoms with Crippen molar-refractivity contribution >= 4 is 17.5 Å². The molecule has 0 aliphatic carbocycles. The highest BCUT2D eigenvalue weighted by atomic mass is 16.5. The summed E-state index contributed by atoms with van der Waals surface area (Å²) >= 11 is 0. The molecule has 0 radical (unpaired) electrons. The summed E-state index contributed by atoms with van der Waals surface area (Å²) in [5.74, 6) is 1.73. The van der Waals surface area contributed by atoms with Gasteiger partial charge in [0, 0.05) is 38.8 Å². The minimum absolute atomic E-state index is 0.245. The van der Waals surface area contributed by atoms with Gasteiger partial charge >= 0.3 is 0 Å². The standard InChI is InChI=1S/C26H31N5O2/c1-19-9-10-23(15-20(19)2)33-21(3)26(32)29-24-16-25(28-18-27-24)31-13-11-30(12-14-31)17-22-7-5-4-6-8-22/h4-10,15-16,18,21H,11-14,17H2,1-3H3,(H,27,28,29,32). The van der Waals surface area contributed by atoms with E-state index in [9.17, 15) is 4.79 Å². The van der Waals surface area contributed by atoms with Gasteiger partial charge in [-0.05, 0) is 49.6 Å². The number of anilines is 2. The Morgan fingerprint density at radius 2 is 1.76 bits per heavy atom. The lowest BCUT2D eigenvalue weighted by molar-refractivity contribution is -0.122. The Morgan fingerprint density at radius 1 is 1.00 bits per heavy atom. The molecule has 4 rings (SSSR count). The molecule has 7 nitrogen and oxygen atoms in total. The first kappa shape index (κ1) is 22.7. The largest absolute Gasteiger partial charge is 0.481 e. The number of piperazine rings is 1. The van der Waals surface area contributed by atoms with E-state index < -0.39 is 6.10 Å². The summed E-state index contributed by atoms with van der Waals surface area (Å²) in [7, 11) is 0. The zero-order valence-electron chi connectivity index (χ0n) is 19.5. The van der Waals surface area contributed by atoms with Crippen LogP contribution in [0, 0.1) is 13.8 Å². The molecule has 1 atom stereocenters. The molecular formula is C26H31N5O2. The van der Waals surface area contributed by atoms with Crippen molar-refractivity contribution in [3.05, 3.63) is 77.6 Å². The lowest BCUT2D eigenvalue weighted by Crippen LogP contribution is -2.46. The van der Waals surface area contributed by atoms with Gasteiger partial charge in [-0.2, -0.15) is 0 Å². The van der Waals surface area contributed by atoms with Crippen LogP contribution < -0.4 is 15.0 Å². The third-order valence-corrected chi connectivity index (χ3v) is 6.01. The van der Waals surface area contributed by atoms with E-state index in [1.165, 1.54) is 17.5 Å². The Labute approximate surface area is 195 Å². The van der Waals surface area contributed by atoms with Crippen LogP contribution >= 0.6 is 0 Å². The van der Waals surface area contributed by atoms with E-state index in [-0.39, 0.29) is 5.91 Å². The average Bonchev–Trinajstić information content (AvgIpc) is 2.83. The monoisotopic (exact) mass is 445 g/mol. The molecule has 1 saturated heterocycles. The van der Waals surface area contributed by atoms with E-state index in [0.717, 1.165) is 44.1 Å². The number of nitrogens with zero attached hydrogens (tertiary/aromatic N) is 4. The van der Waals surface area contributed by atoms with Crippen molar-refractivity contribution in [1.29, 1.82) is 0 Å². The highest BCUT2D eigenvalue weighted by Gasteiger charge is 2.20. The van der Waals surface area contributed by atoms with Crippen LogP contribution in [0.15, 0.2) is 60.9 Å². The summed E-state index contributed by atoms with van der Waals surface area (Å²) in [5.41, 5.74) is 3.65. The van der Waals surface area contributed by atoms with Crippen LogP contribution in [0.25, 0.3) is 0 Å². The zero-order valence-corrected chi connectivity index (χ0v) is 19.5. The number of rotatable bonds is 7. The number of carbonyl (C=O) groups is 1. The van der Waals surface area contributed by atoms with Gasteiger partial charge in [0.2, 0.25) is 0 Å². The number of ether oxygens (including phenoxy) is 1. The second-order valence-electron chi connectivity index (χ2n) is 8.51. The molecule has 172 valence electrons. The molecule has 3 aromatic rings. The maximum absolute atomic E-state index is 12.7. The van der Waals surface area contributed by atoms with E-state index in [2.05, 4.69) is 49.4 Å². The van der Waals surface area contributed by atoms with Gasteiger partial charge < -0.3 is 15.0 Å². The normalized spacial score (nSPS) is 15.2. The van der Waals surface area contributed by atoms with Crippen molar-refractivity contribution < 1.29 is 9.53 Å². The van der Waals surface area contributed by atoms with Crippen LogP contribution in [0.4, 0.5) is 11.6 Å². The van der Waals surface area contributed by atoms with Gasteiger partial charge in [0.15, 0.2) is 6.10 Å². The Bertz CT molecular complexity index is 1080. The van der Waals surface area contributed by atoms with Gasteiger partial charge in [0.05, 0.1) is 0 Å². The highest BCUT2D eigenvalue weighted by molar-refractivity contribution is 5.93. The zero-order chi connectivity index (χ0) is 23.2. The van der Waals surface area contributed by atoms with Crippen molar-refractivity contribution in [3.8, 4) is 5.75 Å². The number of nitrogens with one attached hydrogen (secondary N) is 1. The van der Waals surface area contributed by atoms with Gasteiger partial charge in [0.25, 0.3) is 5.91 Å². The van der Waals surface area contributed by atoms with Crippen LogP contribution in [0.5, 0.6) is 5.75 Å². The van der Waals surface area contributed by atoms with Crippen LogP contribution in [-0.4, -0.2) is 53.1 Å². The Hall–Kier alpha value is -3.45. The molecule has 0 bridgehead atoms. The first-order valence-electron chi connectivity index (χ1n) is 11.4. The van der Waals surface area contributed by atoms with Crippen molar-refractivity contribution in [2.45, 2.75) is 33.4 Å². The summed E-state index contributed by atoms with van der Waals surface area (Å²) in [4.78, 5) is 26.0. The third kappa shape index (κ3) is 6.08. The van der Waals surface area contributed by atoms with Gasteiger partial charge in [0.1, 0.15) is 23.7 Å². The summed E-state index contributed by atoms with van der Waals surface area (Å²) in [5, 5.41) is 2.86. The van der Waals surface area contributed by atoms with E-state index in [1.807, 2.05) is 44.2 Å². The average molecular weight is 446 g/mol. The summed E-state index contributed by atoms with van der Waals surface area (Å²) in [6.07, 6.45) is 0.850. The van der Waals surface area contributed by atoms with Crippen LogP contribution in [0.2, 0.25) is 0 Å². The Kier molecular flexibility index (Phi) is 7.19. The molecule has 0 saturated carbocycles. The molecule has 33 heavy (non-hydrogen) atoms. The molecule has 1 N–H and O–H groups in total. The number of hydrogen-bond acceptors (Lipinski definition) is 6. The second kappa shape index (κ2) is 10.4. The van der Waals surface area contributed by atoms with Crippen molar-refractivity contribution in [3.63, 3.8) is 0 Å². The molecule has 1 amide bonds. The fraction of sp³-hybridized carbons (Fsp3) is 0.346. The molecule has 1 aliphatic rings. The Balaban J connectivity index is 1.31. The van der Waals surface area contributed by atoms with Crippen molar-refractivity contribution in [1.82, 2.24) is 14.9 Å². The molecular weight excluding hydrogens is 414 g/mol. The predicted octanol–water partition coefficient (Wildman–Crippen LogP) is 3.82. The van der Waals surface area contributed by atoms with E-state index in [0.29, 0.717) is 11.6 Å². The number of aromatic nitrogens is 2. The number of hydrogen-bond donors (Lipinski definition) is 1. The quantitative estimate of drug-likeness (QED) is 0.596. The summed E-state index contributed by atoms with van der Waals surface area (Å²) in [6.45, 7) is 10.4. The lowest BCUT2D eigenvalue weighted by Gasteiger charge is -2.35. The van der Waals surface area contributed by atoms with Gasteiger partial charge in [-0.3, -0.25) is 9.69 Å². The molecule has 0 spiro atoms. The molecule has 1 aromatic heterocycles. The lowest BCUT2D eigenvalue weighted by atomic mass is 10.1. The fourth-order valence-electron chi connectivity index (χ4n) is 3.84.